The lowest BCUT2D eigenvalue weighted by Crippen LogP contribution is -2.56. The lowest BCUT2D eigenvalue weighted by Gasteiger charge is -2.37. The number of hydrogen-bond donors (Lipinski definition) is 4. The fourth-order valence-corrected chi connectivity index (χ4v) is 3.03. The van der Waals surface area contributed by atoms with Gasteiger partial charge in [-0.15, -0.1) is 5.10 Å². The normalized spacial score (nSPS) is 24.9. The number of halogens is 3. The van der Waals surface area contributed by atoms with Crippen molar-refractivity contribution in [1.82, 2.24) is 25.0 Å². The maximum Gasteiger partial charge on any atom is 0.433 e. The molecule has 3 rings (SSSR count). The second-order valence-corrected chi connectivity index (χ2v) is 8.35. The van der Waals surface area contributed by atoms with Crippen molar-refractivity contribution in [3.8, 4) is 0 Å². The van der Waals surface area contributed by atoms with Crippen LogP contribution in [0.15, 0.2) is 12.3 Å². The Morgan fingerprint density at radius 2 is 1.87 bits per heavy atom. The predicted octanol–water partition coefficient (Wildman–Crippen LogP) is 0.326. The smallest absolute Gasteiger partial charge is 0.394 e. The van der Waals surface area contributed by atoms with Crippen LogP contribution in [-0.2, 0) is 22.9 Å². The molecule has 1 saturated heterocycles. The quantitative estimate of drug-likeness (QED) is 0.512. The first kappa shape index (κ1) is 23.3. The molecule has 13 heteroatoms. The topological polar surface area (TPSA) is 138 Å². The third-order valence-electron chi connectivity index (χ3n) is 4.79. The Balaban J connectivity index is 1.85. The van der Waals surface area contributed by atoms with Crippen LogP contribution in [0.3, 0.4) is 0 Å². The van der Waals surface area contributed by atoms with Gasteiger partial charge in [0.1, 0.15) is 24.0 Å². The van der Waals surface area contributed by atoms with Crippen molar-refractivity contribution in [3.05, 3.63) is 29.3 Å². The lowest BCUT2D eigenvalue weighted by molar-refractivity contribution is -0.152. The number of aromatic nitrogens is 5. The summed E-state index contributed by atoms with van der Waals surface area (Å²) in [5, 5.41) is 39.9. The summed E-state index contributed by atoms with van der Waals surface area (Å²) in [6, 6.07) is -0.151. The molecule has 3 heterocycles. The number of anilines is 1. The van der Waals surface area contributed by atoms with Gasteiger partial charge in [-0.3, -0.25) is 0 Å². The molecule has 0 aromatic carbocycles. The van der Waals surface area contributed by atoms with Crippen LogP contribution in [0.4, 0.5) is 19.1 Å². The minimum atomic E-state index is -4.72. The summed E-state index contributed by atoms with van der Waals surface area (Å²) in [5.74, 6) is -0.379. The van der Waals surface area contributed by atoms with Crippen molar-refractivity contribution in [2.75, 3.05) is 18.5 Å². The van der Waals surface area contributed by atoms with Crippen molar-refractivity contribution in [2.45, 2.75) is 63.3 Å². The average molecular weight is 446 g/mol. The van der Waals surface area contributed by atoms with Gasteiger partial charge in [-0.25, -0.2) is 14.6 Å². The number of aliphatic hydroxyl groups is 3. The Labute approximate surface area is 176 Å². The third-order valence-corrected chi connectivity index (χ3v) is 4.79. The van der Waals surface area contributed by atoms with Gasteiger partial charge in [-0.05, 0) is 26.8 Å². The summed E-state index contributed by atoms with van der Waals surface area (Å²) in [5.41, 5.74) is -1.03. The highest BCUT2D eigenvalue weighted by atomic mass is 19.4. The molecular formula is C18H25F3N6O4. The summed E-state index contributed by atoms with van der Waals surface area (Å²) in [6.07, 6.45) is -6.92. The molecule has 0 spiro atoms. The number of hydrogen-bond acceptors (Lipinski definition) is 9. The molecule has 172 valence electrons. The van der Waals surface area contributed by atoms with Crippen molar-refractivity contribution in [1.29, 1.82) is 0 Å². The van der Waals surface area contributed by atoms with E-state index in [1.54, 1.807) is 10.9 Å². The fourth-order valence-electron chi connectivity index (χ4n) is 3.03. The number of aliphatic hydroxyl groups excluding tert-OH is 3. The van der Waals surface area contributed by atoms with E-state index in [0.29, 0.717) is 5.69 Å². The molecule has 0 saturated carbocycles. The maximum absolute atomic E-state index is 13.4. The summed E-state index contributed by atoms with van der Waals surface area (Å²) in [6.45, 7) is 5.05. The molecule has 0 radical (unpaired) electrons. The van der Waals surface area contributed by atoms with Gasteiger partial charge in [0.15, 0.2) is 0 Å². The average Bonchev–Trinajstić information content (AvgIpc) is 3.14. The minimum absolute atomic E-state index is 0.0186. The van der Waals surface area contributed by atoms with Crippen LogP contribution in [0, 0.1) is 0 Å². The van der Waals surface area contributed by atoms with Gasteiger partial charge >= 0.3 is 6.18 Å². The fraction of sp³-hybridized carbons (Fsp3) is 0.667. The van der Waals surface area contributed by atoms with Crippen LogP contribution < -0.4 is 5.32 Å². The highest BCUT2D eigenvalue weighted by Crippen LogP contribution is 2.29. The third kappa shape index (κ3) is 5.47. The summed E-state index contributed by atoms with van der Waals surface area (Å²) in [4.78, 5) is 7.61. The first-order valence-corrected chi connectivity index (χ1v) is 9.60. The molecule has 1 aliphatic heterocycles. The van der Waals surface area contributed by atoms with Crippen LogP contribution >= 0.6 is 0 Å². The Bertz CT molecular complexity index is 901. The Kier molecular flexibility index (Phi) is 6.51. The van der Waals surface area contributed by atoms with E-state index >= 15 is 0 Å². The van der Waals surface area contributed by atoms with Gasteiger partial charge in [0.2, 0.25) is 5.95 Å². The van der Waals surface area contributed by atoms with E-state index in [9.17, 15) is 23.4 Å². The highest BCUT2D eigenvalue weighted by molar-refractivity contribution is 5.33. The van der Waals surface area contributed by atoms with Gasteiger partial charge in [0.05, 0.1) is 36.2 Å². The van der Waals surface area contributed by atoms with Gasteiger partial charge in [-0.1, -0.05) is 5.21 Å². The molecule has 0 bridgehead atoms. The lowest BCUT2D eigenvalue weighted by atomic mass is 9.98. The molecule has 31 heavy (non-hydrogen) atoms. The van der Waals surface area contributed by atoms with E-state index in [4.69, 9.17) is 9.84 Å². The van der Waals surface area contributed by atoms with Crippen molar-refractivity contribution in [2.24, 2.45) is 0 Å². The summed E-state index contributed by atoms with van der Waals surface area (Å²) >= 11 is 0. The van der Waals surface area contributed by atoms with E-state index in [0.717, 1.165) is 6.07 Å². The SMILES string of the molecule is CC(C)(C)n1cc(Cc2cc(C(F)(F)F)nc(N[C@H]3CO[C@H](CO)[C@H](O)[C@@H]3O)n2)nn1. The van der Waals surface area contributed by atoms with E-state index < -0.39 is 42.8 Å². The van der Waals surface area contributed by atoms with Crippen molar-refractivity contribution < 1.29 is 33.2 Å². The number of nitrogens with one attached hydrogen (secondary N) is 1. The number of rotatable bonds is 5. The zero-order chi connectivity index (χ0) is 23.0. The van der Waals surface area contributed by atoms with Crippen molar-refractivity contribution in [3.63, 3.8) is 0 Å². The number of ether oxygens (including phenoxy) is 1. The van der Waals surface area contributed by atoms with Gasteiger partial charge in [0.25, 0.3) is 0 Å². The minimum Gasteiger partial charge on any atom is -0.394 e. The van der Waals surface area contributed by atoms with Crippen LogP contribution in [0.5, 0.6) is 0 Å². The Morgan fingerprint density at radius 1 is 1.16 bits per heavy atom. The molecular weight excluding hydrogens is 421 g/mol. The Morgan fingerprint density at radius 3 is 2.45 bits per heavy atom. The zero-order valence-electron chi connectivity index (χ0n) is 17.2. The zero-order valence-corrected chi connectivity index (χ0v) is 17.2. The second kappa shape index (κ2) is 8.65. The van der Waals surface area contributed by atoms with Crippen molar-refractivity contribution >= 4 is 5.95 Å². The molecule has 4 N–H and O–H groups in total. The highest BCUT2D eigenvalue weighted by Gasteiger charge is 2.39. The number of alkyl halides is 3. The molecule has 2 aromatic rings. The molecule has 4 atom stereocenters. The van der Waals surface area contributed by atoms with Crippen LogP contribution in [-0.4, -0.2) is 77.8 Å². The largest absolute Gasteiger partial charge is 0.433 e. The summed E-state index contributed by atoms with van der Waals surface area (Å²) in [7, 11) is 0. The first-order valence-electron chi connectivity index (χ1n) is 9.60. The Hall–Kier alpha value is -2.35. The van der Waals surface area contributed by atoms with Gasteiger partial charge in [-0.2, -0.15) is 13.2 Å². The molecule has 0 aliphatic carbocycles. The van der Waals surface area contributed by atoms with E-state index in [1.165, 1.54) is 0 Å². The molecule has 10 nitrogen and oxygen atoms in total. The predicted molar refractivity (Wildman–Crippen MR) is 101 cm³/mol. The monoisotopic (exact) mass is 446 g/mol. The van der Waals surface area contributed by atoms with Gasteiger partial charge in [0, 0.05) is 12.6 Å². The van der Waals surface area contributed by atoms with E-state index in [2.05, 4.69) is 25.6 Å². The molecule has 0 unspecified atom stereocenters. The van der Waals surface area contributed by atoms with Crippen LogP contribution in [0.2, 0.25) is 0 Å². The standard InChI is InChI=1S/C18H25F3N6O4/c1-17(2,3)27-6-10(25-26-27)4-9-5-13(18(19,20)21)24-16(22-9)23-11-8-31-12(7-28)15(30)14(11)29/h5-6,11-12,14-15,28-30H,4,7-8H2,1-3H3,(H,22,23,24)/t11-,12+,14+,15-/m0/s1. The molecule has 1 fully saturated rings. The first-order chi connectivity index (χ1) is 14.4. The molecule has 1 aliphatic rings. The second-order valence-electron chi connectivity index (χ2n) is 8.35. The van der Waals surface area contributed by atoms with E-state index in [-0.39, 0.29) is 30.2 Å². The van der Waals surface area contributed by atoms with E-state index in [1.807, 2.05) is 20.8 Å². The van der Waals surface area contributed by atoms with Crippen LogP contribution in [0.1, 0.15) is 37.9 Å². The number of nitrogens with zero attached hydrogens (tertiary/aromatic N) is 5. The molecule has 0 amide bonds. The van der Waals surface area contributed by atoms with Crippen LogP contribution in [0.25, 0.3) is 0 Å². The summed E-state index contributed by atoms with van der Waals surface area (Å²) < 4.78 is 46.9. The maximum atomic E-state index is 13.4. The van der Waals surface area contributed by atoms with Gasteiger partial charge < -0.3 is 25.4 Å². The molecule has 2 aromatic heterocycles.